The second kappa shape index (κ2) is 8.95. The average Bonchev–Trinajstić information content (AvgIpc) is 3.15. The van der Waals surface area contributed by atoms with Gasteiger partial charge in [-0.25, -0.2) is 4.79 Å². The number of rotatable bonds is 5. The number of alkyl halides is 3. The summed E-state index contributed by atoms with van der Waals surface area (Å²) < 4.78 is 46.1. The van der Waals surface area contributed by atoms with Crippen LogP contribution < -0.4 is 16.0 Å². The van der Waals surface area contributed by atoms with E-state index in [9.17, 15) is 22.8 Å². The molecule has 0 radical (unpaired) electrons. The highest BCUT2D eigenvalue weighted by molar-refractivity contribution is 6.04. The molecule has 3 aromatic rings. The first-order valence-electron chi connectivity index (χ1n) is 9.35. The third-order valence-electron chi connectivity index (χ3n) is 4.40. The SMILES string of the molecule is Cc1ccc(C(C)NC(=O)Nc2ccc(NC(=O)c3ccccc3)cc2C(F)(F)F)o1. The van der Waals surface area contributed by atoms with Crippen molar-refractivity contribution in [3.8, 4) is 0 Å². The Labute approximate surface area is 176 Å². The monoisotopic (exact) mass is 431 g/mol. The first-order chi connectivity index (χ1) is 14.6. The molecular formula is C22H20F3N3O3. The van der Waals surface area contributed by atoms with Crippen LogP contribution in [0.5, 0.6) is 0 Å². The first-order valence-corrected chi connectivity index (χ1v) is 9.35. The lowest BCUT2D eigenvalue weighted by molar-refractivity contribution is -0.136. The maximum Gasteiger partial charge on any atom is 0.418 e. The van der Waals surface area contributed by atoms with Crippen LogP contribution in [-0.4, -0.2) is 11.9 Å². The highest BCUT2D eigenvalue weighted by Crippen LogP contribution is 2.36. The zero-order valence-corrected chi connectivity index (χ0v) is 16.7. The molecule has 31 heavy (non-hydrogen) atoms. The number of anilines is 2. The maximum atomic E-state index is 13.6. The number of benzene rings is 2. The number of amides is 3. The van der Waals surface area contributed by atoms with Crippen molar-refractivity contribution < 1.29 is 27.2 Å². The van der Waals surface area contributed by atoms with Gasteiger partial charge in [0.05, 0.1) is 17.3 Å². The molecule has 1 heterocycles. The van der Waals surface area contributed by atoms with Crippen LogP contribution in [0.25, 0.3) is 0 Å². The Balaban J connectivity index is 1.75. The van der Waals surface area contributed by atoms with E-state index in [-0.39, 0.29) is 5.69 Å². The normalized spacial score (nSPS) is 12.2. The van der Waals surface area contributed by atoms with Crippen molar-refractivity contribution in [3.05, 3.63) is 83.3 Å². The van der Waals surface area contributed by atoms with Gasteiger partial charge in [0.15, 0.2) is 0 Å². The van der Waals surface area contributed by atoms with Gasteiger partial charge in [0.25, 0.3) is 5.91 Å². The lowest BCUT2D eigenvalue weighted by Crippen LogP contribution is -2.31. The van der Waals surface area contributed by atoms with Crippen molar-refractivity contribution >= 4 is 23.3 Å². The van der Waals surface area contributed by atoms with Gasteiger partial charge >= 0.3 is 12.2 Å². The van der Waals surface area contributed by atoms with Gasteiger partial charge in [-0.1, -0.05) is 18.2 Å². The number of furan rings is 1. The number of nitrogens with one attached hydrogen (secondary N) is 3. The first kappa shape index (κ1) is 21.9. The number of carbonyl (C=O) groups excluding carboxylic acids is 2. The Morgan fingerprint density at radius 3 is 2.29 bits per heavy atom. The van der Waals surface area contributed by atoms with E-state index in [1.54, 1.807) is 56.3 Å². The van der Waals surface area contributed by atoms with Gasteiger partial charge in [-0.05, 0) is 56.3 Å². The summed E-state index contributed by atoms with van der Waals surface area (Å²) in [5, 5.41) is 7.16. The third-order valence-corrected chi connectivity index (χ3v) is 4.40. The number of aryl methyl sites for hydroxylation is 1. The molecule has 3 amide bonds. The van der Waals surface area contributed by atoms with E-state index in [0.717, 1.165) is 12.1 Å². The molecule has 162 valence electrons. The molecule has 0 spiro atoms. The van der Waals surface area contributed by atoms with Gasteiger partial charge in [0, 0.05) is 11.3 Å². The molecule has 9 heteroatoms. The lowest BCUT2D eigenvalue weighted by Gasteiger charge is -2.17. The summed E-state index contributed by atoms with van der Waals surface area (Å²) in [5.41, 5.74) is -1.27. The van der Waals surface area contributed by atoms with Crippen LogP contribution in [-0.2, 0) is 6.18 Å². The van der Waals surface area contributed by atoms with E-state index in [1.807, 2.05) is 0 Å². The van der Waals surface area contributed by atoms with Crippen molar-refractivity contribution in [3.63, 3.8) is 0 Å². The quantitative estimate of drug-likeness (QED) is 0.482. The molecular weight excluding hydrogens is 411 g/mol. The summed E-state index contributed by atoms with van der Waals surface area (Å²) >= 11 is 0. The molecule has 0 aliphatic rings. The Morgan fingerprint density at radius 1 is 0.968 bits per heavy atom. The largest absolute Gasteiger partial charge is 0.464 e. The van der Waals surface area contributed by atoms with E-state index >= 15 is 0 Å². The average molecular weight is 431 g/mol. The van der Waals surface area contributed by atoms with Gasteiger partial charge in [0.1, 0.15) is 11.5 Å². The van der Waals surface area contributed by atoms with Crippen molar-refractivity contribution in [1.82, 2.24) is 5.32 Å². The molecule has 0 saturated carbocycles. The highest BCUT2D eigenvalue weighted by Gasteiger charge is 2.34. The van der Waals surface area contributed by atoms with Crippen LogP contribution in [0.2, 0.25) is 0 Å². The van der Waals surface area contributed by atoms with Gasteiger partial charge in [-0.2, -0.15) is 13.2 Å². The number of hydrogen-bond acceptors (Lipinski definition) is 3. The second-order valence-corrected chi connectivity index (χ2v) is 6.85. The van der Waals surface area contributed by atoms with Gasteiger partial charge in [-0.3, -0.25) is 4.79 Å². The van der Waals surface area contributed by atoms with E-state index in [0.29, 0.717) is 17.1 Å². The fraction of sp³-hybridized carbons (Fsp3) is 0.182. The molecule has 1 aromatic heterocycles. The molecule has 0 fully saturated rings. The van der Waals surface area contributed by atoms with Crippen LogP contribution in [0.15, 0.2) is 65.1 Å². The summed E-state index contributed by atoms with van der Waals surface area (Å²) in [6.07, 6.45) is -4.75. The molecule has 3 rings (SSSR count). The Kier molecular flexibility index (Phi) is 6.33. The van der Waals surface area contributed by atoms with Crippen molar-refractivity contribution in [2.45, 2.75) is 26.1 Å². The fourth-order valence-corrected chi connectivity index (χ4v) is 2.87. The molecule has 1 unspecified atom stereocenters. The van der Waals surface area contributed by atoms with Crippen LogP contribution in [0.1, 0.15) is 40.4 Å². The van der Waals surface area contributed by atoms with Crippen LogP contribution in [0.3, 0.4) is 0 Å². The smallest absolute Gasteiger partial charge is 0.418 e. The van der Waals surface area contributed by atoms with Gasteiger partial charge < -0.3 is 20.4 Å². The van der Waals surface area contributed by atoms with Gasteiger partial charge in [-0.15, -0.1) is 0 Å². The summed E-state index contributed by atoms with van der Waals surface area (Å²) in [5.74, 6) is 0.578. The topological polar surface area (TPSA) is 83.4 Å². The van der Waals surface area contributed by atoms with Crippen molar-refractivity contribution in [2.75, 3.05) is 10.6 Å². The van der Waals surface area contributed by atoms with Crippen molar-refractivity contribution in [1.29, 1.82) is 0 Å². The highest BCUT2D eigenvalue weighted by atomic mass is 19.4. The molecule has 0 saturated heterocycles. The minimum Gasteiger partial charge on any atom is -0.464 e. The summed E-state index contributed by atoms with van der Waals surface area (Å²) in [7, 11) is 0. The molecule has 0 bridgehead atoms. The second-order valence-electron chi connectivity index (χ2n) is 6.85. The lowest BCUT2D eigenvalue weighted by atomic mass is 10.1. The number of urea groups is 1. The molecule has 1 atom stereocenters. The van der Waals surface area contributed by atoms with Crippen LogP contribution >= 0.6 is 0 Å². The zero-order chi connectivity index (χ0) is 22.6. The minimum atomic E-state index is -4.75. The standard InChI is InChI=1S/C22H20F3N3O3/c1-13-8-11-19(31-13)14(2)26-21(30)28-18-10-9-16(12-17(18)22(23,24)25)27-20(29)15-6-4-3-5-7-15/h3-12,14H,1-2H3,(H,27,29)(H2,26,28,30). The molecule has 6 nitrogen and oxygen atoms in total. The number of carbonyl (C=O) groups is 2. The van der Waals surface area contributed by atoms with Crippen LogP contribution in [0.4, 0.5) is 29.3 Å². The molecule has 0 aliphatic carbocycles. The zero-order valence-electron chi connectivity index (χ0n) is 16.7. The Bertz CT molecular complexity index is 1080. The fourth-order valence-electron chi connectivity index (χ4n) is 2.87. The number of halogens is 3. The Morgan fingerprint density at radius 2 is 1.68 bits per heavy atom. The summed E-state index contributed by atoms with van der Waals surface area (Å²) in [4.78, 5) is 24.4. The van der Waals surface area contributed by atoms with E-state index in [4.69, 9.17) is 4.42 Å². The van der Waals surface area contributed by atoms with E-state index < -0.39 is 35.4 Å². The molecule has 2 aromatic carbocycles. The van der Waals surface area contributed by atoms with Gasteiger partial charge in [0.2, 0.25) is 0 Å². The minimum absolute atomic E-state index is 0.0495. The third kappa shape index (κ3) is 5.65. The molecule has 3 N–H and O–H groups in total. The van der Waals surface area contributed by atoms with E-state index in [2.05, 4.69) is 16.0 Å². The predicted molar refractivity (Wildman–Crippen MR) is 110 cm³/mol. The number of hydrogen-bond donors (Lipinski definition) is 3. The van der Waals surface area contributed by atoms with E-state index in [1.165, 1.54) is 6.07 Å². The van der Waals surface area contributed by atoms with Crippen molar-refractivity contribution in [2.24, 2.45) is 0 Å². The summed E-state index contributed by atoms with van der Waals surface area (Å²) in [6.45, 7) is 3.38. The maximum absolute atomic E-state index is 13.6. The summed E-state index contributed by atoms with van der Waals surface area (Å²) in [6, 6.07) is 13.3. The molecule has 0 aliphatic heterocycles. The Hall–Kier alpha value is -3.75. The predicted octanol–water partition coefficient (Wildman–Crippen LogP) is 5.74. The van der Waals surface area contributed by atoms with Crippen LogP contribution in [0, 0.1) is 6.92 Å².